The second kappa shape index (κ2) is 5.87. The molecule has 3 aromatic rings. The van der Waals surface area contributed by atoms with E-state index in [9.17, 15) is 19.8 Å². The number of nitrogens with zero attached hydrogens (tertiary/aromatic N) is 2. The number of benzene rings is 2. The van der Waals surface area contributed by atoms with E-state index >= 15 is 0 Å². The summed E-state index contributed by atoms with van der Waals surface area (Å²) >= 11 is 0. The van der Waals surface area contributed by atoms with Crippen molar-refractivity contribution in [3.63, 3.8) is 0 Å². The molecule has 0 bridgehead atoms. The molecule has 2 aromatic carbocycles. The summed E-state index contributed by atoms with van der Waals surface area (Å²) < 4.78 is 0. The minimum absolute atomic E-state index is 0.0320. The minimum Gasteiger partial charge on any atom is -0.477 e. The molecule has 6 heteroatoms. The molecule has 3 heterocycles. The van der Waals surface area contributed by atoms with Gasteiger partial charge in [0.15, 0.2) is 0 Å². The quantitative estimate of drug-likeness (QED) is 0.543. The molecule has 1 aromatic heterocycles. The van der Waals surface area contributed by atoms with Gasteiger partial charge >= 0.3 is 5.97 Å². The van der Waals surface area contributed by atoms with Crippen molar-refractivity contribution in [3.05, 3.63) is 59.9 Å². The molecule has 140 valence electrons. The molecule has 2 aliphatic heterocycles. The highest BCUT2D eigenvalue weighted by molar-refractivity contribution is 6.09. The molecule has 0 saturated carbocycles. The Morgan fingerprint density at radius 3 is 2.75 bits per heavy atom. The van der Waals surface area contributed by atoms with Crippen LogP contribution in [0.2, 0.25) is 0 Å². The maximum Gasteiger partial charge on any atom is 0.352 e. The Labute approximate surface area is 160 Å². The van der Waals surface area contributed by atoms with E-state index < -0.39 is 18.0 Å². The van der Waals surface area contributed by atoms with Crippen molar-refractivity contribution >= 4 is 39.1 Å². The summed E-state index contributed by atoms with van der Waals surface area (Å²) in [6.45, 7) is 1.58. The standard InChI is InChI=1S/C22H18N2O4/c1-11(25)19-18-9-16(20(22(27)28)24(18)21(19)26)12-6-7-13-10-23-17-5-3-2-4-14(17)15(13)8-12/h2-8,10-11,18-19,25H,9H2,1H3,(H,27,28)/t11-,18-,19-/m1/s1. The predicted octanol–water partition coefficient (Wildman–Crippen LogP) is 2.80. The lowest BCUT2D eigenvalue weighted by Gasteiger charge is -2.44. The van der Waals surface area contributed by atoms with E-state index in [0.717, 1.165) is 27.2 Å². The van der Waals surface area contributed by atoms with Gasteiger partial charge in [0, 0.05) is 17.0 Å². The minimum atomic E-state index is -1.12. The normalized spacial score (nSPS) is 22.5. The van der Waals surface area contributed by atoms with Crippen molar-refractivity contribution in [2.24, 2.45) is 5.92 Å². The van der Waals surface area contributed by atoms with Crippen LogP contribution in [-0.4, -0.2) is 44.1 Å². The molecule has 0 aliphatic carbocycles. The Kier molecular flexibility index (Phi) is 3.54. The van der Waals surface area contributed by atoms with Gasteiger partial charge in [-0.2, -0.15) is 0 Å². The van der Waals surface area contributed by atoms with Crippen LogP contribution in [0.5, 0.6) is 0 Å². The lowest BCUT2D eigenvalue weighted by atomic mass is 9.82. The van der Waals surface area contributed by atoms with E-state index in [0.29, 0.717) is 12.0 Å². The van der Waals surface area contributed by atoms with Crippen LogP contribution in [-0.2, 0) is 9.59 Å². The molecule has 1 fully saturated rings. The molecule has 2 aliphatic rings. The van der Waals surface area contributed by atoms with E-state index in [2.05, 4.69) is 4.98 Å². The van der Waals surface area contributed by atoms with E-state index in [4.69, 9.17) is 0 Å². The SMILES string of the molecule is C[C@@H](O)[C@H]1C(=O)N2C(C(=O)O)=C(c3ccc4cnc5ccccc5c4c3)C[C@H]12. The molecule has 0 unspecified atom stereocenters. The number of amides is 1. The van der Waals surface area contributed by atoms with Crippen molar-refractivity contribution < 1.29 is 19.8 Å². The smallest absolute Gasteiger partial charge is 0.352 e. The van der Waals surface area contributed by atoms with Crippen LogP contribution in [0.25, 0.3) is 27.2 Å². The van der Waals surface area contributed by atoms with Crippen LogP contribution in [0, 0.1) is 5.92 Å². The zero-order valence-corrected chi connectivity index (χ0v) is 15.2. The second-order valence-corrected chi connectivity index (χ2v) is 7.46. The largest absolute Gasteiger partial charge is 0.477 e. The fraction of sp³-hybridized carbons (Fsp3) is 0.227. The van der Waals surface area contributed by atoms with Gasteiger partial charge in [-0.05, 0) is 42.0 Å². The Bertz CT molecular complexity index is 1200. The third-order valence-electron chi connectivity index (χ3n) is 5.87. The zero-order chi connectivity index (χ0) is 19.6. The highest BCUT2D eigenvalue weighted by atomic mass is 16.4. The topological polar surface area (TPSA) is 90.7 Å². The number of β-lactam (4-membered cyclic amide) rings is 1. The molecule has 1 saturated heterocycles. The molecule has 2 N–H and O–H groups in total. The van der Waals surface area contributed by atoms with E-state index in [1.165, 1.54) is 4.90 Å². The number of carbonyl (C=O) groups excluding carboxylic acids is 1. The Hall–Kier alpha value is -3.25. The molecule has 0 spiro atoms. The lowest BCUT2D eigenvalue weighted by Crippen LogP contribution is -2.61. The Balaban J connectivity index is 1.68. The van der Waals surface area contributed by atoms with Crippen LogP contribution >= 0.6 is 0 Å². The van der Waals surface area contributed by atoms with Crippen LogP contribution in [0.15, 0.2) is 54.4 Å². The number of rotatable bonds is 3. The van der Waals surface area contributed by atoms with Gasteiger partial charge in [0.25, 0.3) is 0 Å². The molecular weight excluding hydrogens is 356 g/mol. The van der Waals surface area contributed by atoms with Gasteiger partial charge in [-0.25, -0.2) is 4.79 Å². The van der Waals surface area contributed by atoms with Gasteiger partial charge in [0.05, 0.1) is 23.6 Å². The fourth-order valence-electron chi connectivity index (χ4n) is 4.57. The van der Waals surface area contributed by atoms with Crippen LogP contribution in [0.4, 0.5) is 0 Å². The molecule has 1 amide bonds. The van der Waals surface area contributed by atoms with Crippen molar-refractivity contribution in [3.8, 4) is 0 Å². The highest BCUT2D eigenvalue weighted by Gasteiger charge is 2.56. The predicted molar refractivity (Wildman–Crippen MR) is 104 cm³/mol. The summed E-state index contributed by atoms with van der Waals surface area (Å²) in [5, 5.41) is 22.6. The van der Waals surface area contributed by atoms with Crippen LogP contribution < -0.4 is 0 Å². The summed E-state index contributed by atoms with van der Waals surface area (Å²) in [6, 6.07) is 13.3. The summed E-state index contributed by atoms with van der Waals surface area (Å²) in [6.07, 6.45) is 1.44. The maximum atomic E-state index is 12.4. The summed E-state index contributed by atoms with van der Waals surface area (Å²) in [5.41, 5.74) is 2.33. The zero-order valence-electron chi connectivity index (χ0n) is 15.2. The first-order valence-corrected chi connectivity index (χ1v) is 9.23. The van der Waals surface area contributed by atoms with Crippen LogP contribution in [0.1, 0.15) is 18.9 Å². The average molecular weight is 374 g/mol. The number of aliphatic hydroxyl groups is 1. The first-order valence-electron chi connectivity index (χ1n) is 9.23. The first-order chi connectivity index (χ1) is 13.5. The monoisotopic (exact) mass is 374 g/mol. The van der Waals surface area contributed by atoms with E-state index in [1.807, 2.05) is 48.7 Å². The number of aliphatic carboxylic acids is 1. The second-order valence-electron chi connectivity index (χ2n) is 7.46. The number of aliphatic hydroxyl groups excluding tert-OH is 1. The summed E-state index contributed by atoms with van der Waals surface area (Å²) in [4.78, 5) is 30.2. The number of hydrogen-bond donors (Lipinski definition) is 2. The number of carboxylic acids is 1. The molecule has 0 radical (unpaired) electrons. The van der Waals surface area contributed by atoms with Gasteiger partial charge in [-0.3, -0.25) is 9.78 Å². The number of para-hydroxylation sites is 1. The van der Waals surface area contributed by atoms with Gasteiger partial charge in [0.1, 0.15) is 5.70 Å². The fourth-order valence-corrected chi connectivity index (χ4v) is 4.57. The number of hydrogen-bond acceptors (Lipinski definition) is 4. The van der Waals surface area contributed by atoms with Crippen molar-refractivity contribution in [2.45, 2.75) is 25.5 Å². The molecule has 6 nitrogen and oxygen atoms in total. The number of carbonyl (C=O) groups is 2. The van der Waals surface area contributed by atoms with Gasteiger partial charge in [0.2, 0.25) is 5.91 Å². The van der Waals surface area contributed by atoms with Crippen molar-refractivity contribution in [1.29, 1.82) is 0 Å². The molecule has 3 atom stereocenters. The van der Waals surface area contributed by atoms with Crippen LogP contribution in [0.3, 0.4) is 0 Å². The third-order valence-corrected chi connectivity index (χ3v) is 5.87. The third kappa shape index (κ3) is 2.21. The molecule has 5 rings (SSSR count). The maximum absolute atomic E-state index is 12.4. The van der Waals surface area contributed by atoms with E-state index in [1.54, 1.807) is 6.92 Å². The number of aromatic nitrogens is 1. The van der Waals surface area contributed by atoms with Gasteiger partial charge < -0.3 is 15.1 Å². The van der Waals surface area contributed by atoms with E-state index in [-0.39, 0.29) is 17.6 Å². The Morgan fingerprint density at radius 2 is 2.00 bits per heavy atom. The lowest BCUT2D eigenvalue weighted by molar-refractivity contribution is -0.161. The first kappa shape index (κ1) is 16.9. The highest BCUT2D eigenvalue weighted by Crippen LogP contribution is 2.47. The molecule has 28 heavy (non-hydrogen) atoms. The Morgan fingerprint density at radius 1 is 1.21 bits per heavy atom. The summed E-state index contributed by atoms with van der Waals surface area (Å²) in [7, 11) is 0. The number of carboxylic acid groups (broad SMARTS) is 1. The molecular formula is C22H18N2O4. The number of pyridine rings is 1. The number of fused-ring (bicyclic) bond motifs is 4. The van der Waals surface area contributed by atoms with Crippen molar-refractivity contribution in [1.82, 2.24) is 9.88 Å². The average Bonchev–Trinajstić information content (AvgIpc) is 3.02. The van der Waals surface area contributed by atoms with Gasteiger partial charge in [-0.1, -0.05) is 30.3 Å². The summed E-state index contributed by atoms with van der Waals surface area (Å²) in [5.74, 6) is -1.98. The van der Waals surface area contributed by atoms with Gasteiger partial charge in [-0.15, -0.1) is 0 Å². The van der Waals surface area contributed by atoms with Crippen molar-refractivity contribution in [2.75, 3.05) is 0 Å².